The minimum atomic E-state index is -0.310. The summed E-state index contributed by atoms with van der Waals surface area (Å²) in [6.07, 6.45) is 10.3. The molecular weight excluding hydrogens is 252 g/mol. The van der Waals surface area contributed by atoms with E-state index in [1.165, 1.54) is 31.3 Å². The van der Waals surface area contributed by atoms with Crippen molar-refractivity contribution in [2.24, 2.45) is 0 Å². The lowest BCUT2D eigenvalue weighted by molar-refractivity contribution is -0.133. The highest BCUT2D eigenvalue weighted by Gasteiger charge is 2.28. The van der Waals surface area contributed by atoms with Crippen LogP contribution in [0.5, 0.6) is 0 Å². The van der Waals surface area contributed by atoms with E-state index in [9.17, 15) is 9.59 Å². The molecule has 1 unspecified atom stereocenters. The van der Waals surface area contributed by atoms with Gasteiger partial charge in [0.1, 0.15) is 6.04 Å². The minimum absolute atomic E-state index is 0.0104. The van der Waals surface area contributed by atoms with Crippen molar-refractivity contribution in [3.63, 3.8) is 0 Å². The summed E-state index contributed by atoms with van der Waals surface area (Å²) in [6, 6.07) is -0.310. The third kappa shape index (κ3) is 4.09. The maximum Gasteiger partial charge on any atom is 0.245 e. The smallest absolute Gasteiger partial charge is 0.245 e. The van der Waals surface area contributed by atoms with Crippen LogP contribution in [-0.4, -0.2) is 35.8 Å². The quantitative estimate of drug-likeness (QED) is 0.785. The molecule has 0 radical (unpaired) electrons. The van der Waals surface area contributed by atoms with Gasteiger partial charge in [0.25, 0.3) is 0 Å². The molecule has 2 rings (SSSR count). The molecule has 1 aliphatic heterocycles. The van der Waals surface area contributed by atoms with Gasteiger partial charge in [0.2, 0.25) is 11.8 Å². The van der Waals surface area contributed by atoms with Gasteiger partial charge in [-0.05, 0) is 38.5 Å². The molecule has 1 fully saturated rings. The van der Waals surface area contributed by atoms with Crippen molar-refractivity contribution < 1.29 is 9.59 Å². The first-order valence-corrected chi connectivity index (χ1v) is 7.96. The lowest BCUT2D eigenvalue weighted by Crippen LogP contribution is -2.44. The molecule has 1 saturated heterocycles. The monoisotopic (exact) mass is 278 g/mol. The molecule has 1 heterocycles. The Morgan fingerprint density at radius 3 is 2.85 bits per heavy atom. The zero-order valence-electron chi connectivity index (χ0n) is 12.5. The van der Waals surface area contributed by atoms with Crippen molar-refractivity contribution in [1.82, 2.24) is 10.2 Å². The van der Waals surface area contributed by atoms with E-state index >= 15 is 0 Å². The number of hydrogen-bond acceptors (Lipinski definition) is 2. The minimum Gasteiger partial charge on any atom is -0.344 e. The molecule has 4 nitrogen and oxygen atoms in total. The lowest BCUT2D eigenvalue weighted by atomic mass is 9.97. The fourth-order valence-corrected chi connectivity index (χ4v) is 3.01. The van der Waals surface area contributed by atoms with Crippen LogP contribution in [0.2, 0.25) is 0 Å². The van der Waals surface area contributed by atoms with E-state index in [-0.39, 0.29) is 17.9 Å². The average Bonchev–Trinajstić information content (AvgIpc) is 2.59. The summed E-state index contributed by atoms with van der Waals surface area (Å²) in [6.45, 7) is 3.37. The van der Waals surface area contributed by atoms with Crippen LogP contribution in [0.3, 0.4) is 0 Å². The van der Waals surface area contributed by atoms with Crippen molar-refractivity contribution in [2.45, 2.75) is 64.3 Å². The summed E-state index contributed by atoms with van der Waals surface area (Å²) in [5.41, 5.74) is 1.49. The molecule has 112 valence electrons. The van der Waals surface area contributed by atoms with Crippen LogP contribution in [0.15, 0.2) is 11.6 Å². The normalized spacial score (nSPS) is 24.1. The largest absolute Gasteiger partial charge is 0.344 e. The molecule has 0 aromatic heterocycles. The Morgan fingerprint density at radius 2 is 2.15 bits per heavy atom. The van der Waals surface area contributed by atoms with E-state index in [1.54, 1.807) is 0 Å². The summed E-state index contributed by atoms with van der Waals surface area (Å²) in [5, 5.41) is 2.85. The van der Waals surface area contributed by atoms with E-state index in [1.807, 2.05) is 11.8 Å². The SMILES string of the molecule is CCCC1NC(=O)CCN(CCC2=CCCCC2)C1=O. The van der Waals surface area contributed by atoms with Crippen molar-refractivity contribution in [3.05, 3.63) is 11.6 Å². The van der Waals surface area contributed by atoms with E-state index in [4.69, 9.17) is 0 Å². The maximum absolute atomic E-state index is 12.4. The van der Waals surface area contributed by atoms with Gasteiger partial charge in [-0.3, -0.25) is 9.59 Å². The number of rotatable bonds is 5. The van der Waals surface area contributed by atoms with Gasteiger partial charge in [-0.1, -0.05) is 25.0 Å². The van der Waals surface area contributed by atoms with Gasteiger partial charge in [-0.25, -0.2) is 0 Å². The predicted octanol–water partition coefficient (Wildman–Crippen LogP) is 2.39. The zero-order chi connectivity index (χ0) is 14.4. The third-order valence-electron chi connectivity index (χ3n) is 4.22. The molecule has 0 bridgehead atoms. The molecule has 0 spiro atoms. The second kappa shape index (κ2) is 7.46. The van der Waals surface area contributed by atoms with E-state index in [0.29, 0.717) is 13.0 Å². The Balaban J connectivity index is 1.92. The van der Waals surface area contributed by atoms with E-state index < -0.39 is 0 Å². The van der Waals surface area contributed by atoms with Crippen molar-refractivity contribution in [1.29, 1.82) is 0 Å². The fourth-order valence-electron chi connectivity index (χ4n) is 3.01. The molecule has 0 aromatic carbocycles. The highest BCUT2D eigenvalue weighted by atomic mass is 16.2. The molecule has 1 aliphatic carbocycles. The van der Waals surface area contributed by atoms with E-state index in [0.717, 1.165) is 25.8 Å². The van der Waals surface area contributed by atoms with Gasteiger partial charge in [-0.2, -0.15) is 0 Å². The van der Waals surface area contributed by atoms with Crippen LogP contribution in [-0.2, 0) is 9.59 Å². The summed E-state index contributed by atoms with van der Waals surface area (Å²) >= 11 is 0. The second-order valence-corrected chi connectivity index (χ2v) is 5.84. The maximum atomic E-state index is 12.4. The van der Waals surface area contributed by atoms with E-state index in [2.05, 4.69) is 11.4 Å². The number of nitrogens with zero attached hydrogens (tertiary/aromatic N) is 1. The number of allylic oxidation sites excluding steroid dienone is 1. The summed E-state index contributed by atoms with van der Waals surface area (Å²) < 4.78 is 0. The van der Waals surface area contributed by atoms with Crippen LogP contribution in [0.1, 0.15) is 58.3 Å². The van der Waals surface area contributed by atoms with Gasteiger partial charge < -0.3 is 10.2 Å². The number of hydrogen-bond donors (Lipinski definition) is 1. The topological polar surface area (TPSA) is 49.4 Å². The summed E-state index contributed by atoms with van der Waals surface area (Å²) in [4.78, 5) is 26.0. The average molecular weight is 278 g/mol. The lowest BCUT2D eigenvalue weighted by Gasteiger charge is -2.25. The Morgan fingerprint density at radius 1 is 1.30 bits per heavy atom. The van der Waals surface area contributed by atoms with Gasteiger partial charge in [0.05, 0.1) is 0 Å². The first-order valence-electron chi connectivity index (χ1n) is 7.96. The zero-order valence-corrected chi connectivity index (χ0v) is 12.5. The number of carbonyl (C=O) groups excluding carboxylic acids is 2. The van der Waals surface area contributed by atoms with Gasteiger partial charge >= 0.3 is 0 Å². The molecule has 2 amide bonds. The Bertz CT molecular complexity index is 390. The molecule has 1 atom stereocenters. The highest BCUT2D eigenvalue weighted by molar-refractivity contribution is 5.89. The Kier molecular flexibility index (Phi) is 5.62. The molecular formula is C16H26N2O2. The first kappa shape index (κ1) is 15.1. The van der Waals surface area contributed by atoms with Gasteiger partial charge in [-0.15, -0.1) is 0 Å². The van der Waals surface area contributed by atoms with Crippen molar-refractivity contribution in [2.75, 3.05) is 13.1 Å². The van der Waals surface area contributed by atoms with Crippen molar-refractivity contribution >= 4 is 11.8 Å². The fraction of sp³-hybridized carbons (Fsp3) is 0.750. The van der Waals surface area contributed by atoms with Crippen LogP contribution >= 0.6 is 0 Å². The molecule has 1 N–H and O–H groups in total. The van der Waals surface area contributed by atoms with Crippen LogP contribution in [0.4, 0.5) is 0 Å². The number of nitrogens with one attached hydrogen (secondary N) is 1. The first-order chi connectivity index (χ1) is 9.70. The van der Waals surface area contributed by atoms with Crippen LogP contribution in [0.25, 0.3) is 0 Å². The third-order valence-corrected chi connectivity index (χ3v) is 4.22. The molecule has 20 heavy (non-hydrogen) atoms. The van der Waals surface area contributed by atoms with Gasteiger partial charge in [0.15, 0.2) is 0 Å². The van der Waals surface area contributed by atoms with Gasteiger partial charge in [0, 0.05) is 19.5 Å². The molecule has 0 saturated carbocycles. The number of amides is 2. The summed E-state index contributed by atoms with van der Waals surface area (Å²) in [5.74, 6) is 0.116. The summed E-state index contributed by atoms with van der Waals surface area (Å²) in [7, 11) is 0. The molecule has 2 aliphatic rings. The Labute approximate surface area is 121 Å². The van der Waals surface area contributed by atoms with Crippen LogP contribution in [0, 0.1) is 0 Å². The molecule has 4 heteroatoms. The van der Waals surface area contributed by atoms with Crippen molar-refractivity contribution in [3.8, 4) is 0 Å². The predicted molar refractivity (Wildman–Crippen MR) is 79.2 cm³/mol. The van der Waals surface area contributed by atoms with Crippen LogP contribution < -0.4 is 5.32 Å². The molecule has 0 aromatic rings. The standard InChI is InChI=1S/C16H26N2O2/c1-2-6-14-16(20)18(12-10-15(19)17-14)11-9-13-7-4-3-5-8-13/h7,14H,2-6,8-12H2,1H3,(H,17,19). The second-order valence-electron chi connectivity index (χ2n) is 5.84. The number of carbonyl (C=O) groups is 2. The Hall–Kier alpha value is -1.32. The highest BCUT2D eigenvalue weighted by Crippen LogP contribution is 2.21.